The van der Waals surface area contributed by atoms with Crippen LogP contribution in [0.15, 0.2) is 29.6 Å². The molecule has 0 saturated heterocycles. The molecular formula is C15H15NO4S. The SMILES string of the molecule is CCc1cccc(NC(=O)Oc2cc(C)cs2)c1C(=O)O. The lowest BCUT2D eigenvalue weighted by Crippen LogP contribution is -2.19. The number of aryl methyl sites for hydroxylation is 2. The predicted octanol–water partition coefficient (Wildman–Crippen LogP) is 3.93. The Morgan fingerprint density at radius 3 is 2.71 bits per heavy atom. The number of carbonyl (C=O) groups is 2. The van der Waals surface area contributed by atoms with E-state index in [1.54, 1.807) is 24.3 Å². The summed E-state index contributed by atoms with van der Waals surface area (Å²) in [6.07, 6.45) is -0.135. The molecule has 1 aromatic carbocycles. The van der Waals surface area contributed by atoms with Gasteiger partial charge in [0.05, 0.1) is 11.3 Å². The number of carboxylic acid groups (broad SMARTS) is 1. The van der Waals surface area contributed by atoms with Gasteiger partial charge in [0.25, 0.3) is 0 Å². The average Bonchev–Trinajstić information content (AvgIpc) is 2.83. The largest absolute Gasteiger partial charge is 0.478 e. The first-order chi connectivity index (χ1) is 10.0. The topological polar surface area (TPSA) is 75.6 Å². The van der Waals surface area contributed by atoms with Crippen LogP contribution in [0.4, 0.5) is 10.5 Å². The van der Waals surface area contributed by atoms with Gasteiger partial charge >= 0.3 is 12.1 Å². The minimum Gasteiger partial charge on any atom is -0.478 e. The first-order valence-corrected chi connectivity index (χ1v) is 7.28. The summed E-state index contributed by atoms with van der Waals surface area (Å²) in [6, 6.07) is 6.72. The number of thiophene rings is 1. The first-order valence-electron chi connectivity index (χ1n) is 6.40. The van der Waals surface area contributed by atoms with Crippen molar-refractivity contribution >= 4 is 29.1 Å². The number of nitrogens with one attached hydrogen (secondary N) is 1. The minimum atomic E-state index is -1.07. The quantitative estimate of drug-likeness (QED) is 0.897. The number of ether oxygens (including phenoxy) is 1. The highest BCUT2D eigenvalue weighted by Crippen LogP contribution is 2.24. The van der Waals surface area contributed by atoms with E-state index in [0.717, 1.165) is 5.56 Å². The van der Waals surface area contributed by atoms with Crippen LogP contribution in [-0.4, -0.2) is 17.2 Å². The molecule has 2 N–H and O–H groups in total. The number of amides is 1. The van der Waals surface area contributed by atoms with Crippen molar-refractivity contribution in [1.82, 2.24) is 0 Å². The maximum absolute atomic E-state index is 11.8. The average molecular weight is 305 g/mol. The summed E-state index contributed by atoms with van der Waals surface area (Å²) in [5.74, 6) is -1.07. The zero-order valence-corrected chi connectivity index (χ0v) is 12.5. The van der Waals surface area contributed by atoms with Crippen molar-refractivity contribution in [2.24, 2.45) is 0 Å². The van der Waals surface area contributed by atoms with Crippen LogP contribution in [0, 0.1) is 6.92 Å². The summed E-state index contributed by atoms with van der Waals surface area (Å²) in [5, 5.41) is 14.1. The van der Waals surface area contributed by atoms with E-state index in [1.807, 2.05) is 19.2 Å². The van der Waals surface area contributed by atoms with Gasteiger partial charge in [-0.1, -0.05) is 19.1 Å². The standard InChI is InChI=1S/C15H15NO4S/c1-3-10-5-4-6-11(13(10)14(17)18)16-15(19)20-12-7-9(2)8-21-12/h4-8H,3H2,1-2H3,(H,16,19)(H,17,18). The molecule has 5 nitrogen and oxygen atoms in total. The molecule has 6 heteroatoms. The van der Waals surface area contributed by atoms with Crippen molar-refractivity contribution in [3.8, 4) is 5.06 Å². The van der Waals surface area contributed by atoms with Crippen molar-refractivity contribution in [3.05, 3.63) is 46.3 Å². The van der Waals surface area contributed by atoms with Crippen LogP contribution in [-0.2, 0) is 6.42 Å². The minimum absolute atomic E-state index is 0.0966. The second kappa shape index (κ2) is 6.41. The number of rotatable bonds is 4. The summed E-state index contributed by atoms with van der Waals surface area (Å²) in [7, 11) is 0. The molecule has 1 amide bonds. The van der Waals surface area contributed by atoms with E-state index < -0.39 is 12.1 Å². The van der Waals surface area contributed by atoms with Gasteiger partial charge in [0, 0.05) is 0 Å². The Morgan fingerprint density at radius 1 is 1.38 bits per heavy atom. The zero-order chi connectivity index (χ0) is 15.4. The molecule has 0 fully saturated rings. The molecule has 2 aromatic rings. The van der Waals surface area contributed by atoms with Gasteiger partial charge in [0.15, 0.2) is 5.06 Å². The second-order valence-corrected chi connectivity index (χ2v) is 5.33. The third-order valence-electron chi connectivity index (χ3n) is 2.88. The molecule has 0 spiro atoms. The maximum atomic E-state index is 11.8. The van der Waals surface area contributed by atoms with Crippen LogP contribution < -0.4 is 10.1 Å². The van der Waals surface area contributed by atoms with Gasteiger partial charge in [0.1, 0.15) is 0 Å². The number of carbonyl (C=O) groups excluding carboxylic acids is 1. The van der Waals surface area contributed by atoms with E-state index in [-0.39, 0.29) is 11.3 Å². The maximum Gasteiger partial charge on any atom is 0.417 e. The van der Waals surface area contributed by atoms with Crippen molar-refractivity contribution in [1.29, 1.82) is 0 Å². The zero-order valence-electron chi connectivity index (χ0n) is 11.7. The van der Waals surface area contributed by atoms with Crippen LogP contribution in [0.3, 0.4) is 0 Å². The Bertz CT molecular complexity index is 678. The Kier molecular flexibility index (Phi) is 4.59. The van der Waals surface area contributed by atoms with Crippen molar-refractivity contribution in [2.45, 2.75) is 20.3 Å². The fraction of sp³-hybridized carbons (Fsp3) is 0.200. The van der Waals surface area contributed by atoms with Gasteiger partial charge in [-0.2, -0.15) is 0 Å². The number of hydrogen-bond acceptors (Lipinski definition) is 4. The molecule has 0 saturated carbocycles. The Hall–Kier alpha value is -2.34. The molecule has 0 unspecified atom stereocenters. The molecule has 110 valence electrons. The monoisotopic (exact) mass is 305 g/mol. The first kappa shape index (κ1) is 15.1. The Balaban J connectivity index is 2.19. The van der Waals surface area contributed by atoms with Crippen LogP contribution >= 0.6 is 11.3 Å². The molecule has 1 aromatic heterocycles. The normalized spacial score (nSPS) is 10.2. The van der Waals surface area contributed by atoms with E-state index in [4.69, 9.17) is 4.74 Å². The smallest absolute Gasteiger partial charge is 0.417 e. The predicted molar refractivity (Wildman–Crippen MR) is 81.5 cm³/mol. The number of benzene rings is 1. The van der Waals surface area contributed by atoms with Gasteiger partial charge < -0.3 is 9.84 Å². The van der Waals surface area contributed by atoms with Crippen LogP contribution in [0.25, 0.3) is 0 Å². The van der Waals surface area contributed by atoms with Gasteiger partial charge in [0.2, 0.25) is 0 Å². The lowest BCUT2D eigenvalue weighted by atomic mass is 10.0. The van der Waals surface area contributed by atoms with Crippen molar-refractivity contribution in [3.63, 3.8) is 0 Å². The van der Waals surface area contributed by atoms with E-state index in [9.17, 15) is 14.7 Å². The molecule has 0 radical (unpaired) electrons. The fourth-order valence-corrected chi connectivity index (χ4v) is 2.68. The highest BCUT2D eigenvalue weighted by molar-refractivity contribution is 7.12. The number of anilines is 1. The Labute approximate surface area is 126 Å². The van der Waals surface area contributed by atoms with Gasteiger partial charge in [-0.3, -0.25) is 5.32 Å². The molecule has 1 heterocycles. The second-order valence-electron chi connectivity index (χ2n) is 4.46. The molecule has 2 rings (SSSR count). The lowest BCUT2D eigenvalue weighted by molar-refractivity contribution is 0.0697. The van der Waals surface area contributed by atoms with E-state index >= 15 is 0 Å². The van der Waals surface area contributed by atoms with Crippen LogP contribution in [0.5, 0.6) is 5.06 Å². The third-order valence-corrected chi connectivity index (χ3v) is 3.81. The molecule has 0 bridgehead atoms. The number of carboxylic acids is 1. The molecular weight excluding hydrogens is 290 g/mol. The van der Waals surface area contributed by atoms with Crippen LogP contribution in [0.2, 0.25) is 0 Å². The number of hydrogen-bond donors (Lipinski definition) is 2. The summed E-state index contributed by atoms with van der Waals surface area (Å²) in [6.45, 7) is 3.76. The van der Waals surface area contributed by atoms with Gasteiger partial charge in [-0.05, 0) is 42.0 Å². The molecule has 21 heavy (non-hydrogen) atoms. The summed E-state index contributed by atoms with van der Waals surface area (Å²) >= 11 is 1.31. The van der Waals surface area contributed by atoms with Crippen molar-refractivity contribution < 1.29 is 19.4 Å². The molecule has 0 aliphatic carbocycles. The molecule has 0 atom stereocenters. The highest BCUT2D eigenvalue weighted by atomic mass is 32.1. The fourth-order valence-electron chi connectivity index (χ4n) is 1.94. The van der Waals surface area contributed by atoms with E-state index in [0.29, 0.717) is 17.0 Å². The lowest BCUT2D eigenvalue weighted by Gasteiger charge is -2.11. The molecule has 0 aliphatic heterocycles. The van der Waals surface area contributed by atoms with Crippen LogP contribution in [0.1, 0.15) is 28.4 Å². The van der Waals surface area contributed by atoms with Crippen molar-refractivity contribution in [2.75, 3.05) is 5.32 Å². The van der Waals surface area contributed by atoms with E-state index in [1.165, 1.54) is 11.3 Å². The Morgan fingerprint density at radius 2 is 2.14 bits per heavy atom. The van der Waals surface area contributed by atoms with Gasteiger partial charge in [-0.15, -0.1) is 11.3 Å². The van der Waals surface area contributed by atoms with Gasteiger partial charge in [-0.25, -0.2) is 9.59 Å². The summed E-state index contributed by atoms with van der Waals surface area (Å²) in [5.41, 5.74) is 1.99. The number of aromatic carboxylic acids is 1. The summed E-state index contributed by atoms with van der Waals surface area (Å²) in [4.78, 5) is 23.2. The summed E-state index contributed by atoms with van der Waals surface area (Å²) < 4.78 is 5.12. The third kappa shape index (κ3) is 3.61. The molecule has 0 aliphatic rings. The highest BCUT2D eigenvalue weighted by Gasteiger charge is 2.17. The van der Waals surface area contributed by atoms with E-state index in [2.05, 4.69) is 5.32 Å².